The van der Waals surface area contributed by atoms with Crippen LogP contribution in [0.15, 0.2) is 24.3 Å². The van der Waals surface area contributed by atoms with E-state index in [2.05, 4.69) is 9.69 Å². The molecule has 1 aromatic carbocycles. The molecule has 1 heterocycles. The second-order valence-corrected chi connectivity index (χ2v) is 4.87. The number of anilines is 2. The lowest BCUT2D eigenvalue weighted by atomic mass is 10.2. The zero-order valence-corrected chi connectivity index (χ0v) is 11.8. The van der Waals surface area contributed by atoms with E-state index in [1.54, 1.807) is 31.2 Å². The van der Waals surface area contributed by atoms with E-state index in [1.165, 1.54) is 6.92 Å². The van der Waals surface area contributed by atoms with Gasteiger partial charge in [-0.1, -0.05) is 12.1 Å². The van der Waals surface area contributed by atoms with Gasteiger partial charge in [0, 0.05) is 12.5 Å². The molecule has 0 fully saturated rings. The van der Waals surface area contributed by atoms with Crippen molar-refractivity contribution >= 4 is 34.2 Å². The Hall–Kier alpha value is -2.41. The zero-order valence-electron chi connectivity index (χ0n) is 11.0. The number of ether oxygens (including phenoxy) is 1. The fourth-order valence-electron chi connectivity index (χ4n) is 1.54. The molecule has 6 nitrogen and oxygen atoms in total. The van der Waals surface area contributed by atoms with Gasteiger partial charge in [0.2, 0.25) is 0 Å². The average molecular weight is 291 g/mol. The molecule has 20 heavy (non-hydrogen) atoms. The Balaban J connectivity index is 2.25. The number of nitrogens with one attached hydrogen (secondary N) is 1. The molecule has 3 N–H and O–H groups in total. The van der Waals surface area contributed by atoms with Crippen LogP contribution in [0.1, 0.15) is 22.8 Å². The summed E-state index contributed by atoms with van der Waals surface area (Å²) in [6, 6.07) is 6.49. The van der Waals surface area contributed by atoms with Crippen molar-refractivity contribution in [1.29, 1.82) is 0 Å². The van der Waals surface area contributed by atoms with E-state index in [0.717, 1.165) is 11.5 Å². The summed E-state index contributed by atoms with van der Waals surface area (Å²) in [5.74, 6) is -0.275. The average Bonchev–Trinajstić information content (AvgIpc) is 2.70. The Labute approximate surface area is 119 Å². The van der Waals surface area contributed by atoms with Crippen LogP contribution in [-0.4, -0.2) is 16.3 Å². The highest BCUT2D eigenvalue weighted by atomic mass is 32.1. The lowest BCUT2D eigenvalue weighted by Crippen LogP contribution is -2.15. The molecule has 0 saturated heterocycles. The number of hydrogen-bond acceptors (Lipinski definition) is 6. The van der Waals surface area contributed by atoms with Crippen LogP contribution in [-0.2, 0) is 4.79 Å². The highest BCUT2D eigenvalue weighted by Gasteiger charge is 2.16. The molecule has 104 valence electrons. The number of carbonyl (C=O) groups excluding carboxylic acids is 2. The van der Waals surface area contributed by atoms with Gasteiger partial charge in [0.05, 0.1) is 5.56 Å². The summed E-state index contributed by atoms with van der Waals surface area (Å²) < 4.78 is 9.05. The topological polar surface area (TPSA) is 94.3 Å². The van der Waals surface area contributed by atoms with Gasteiger partial charge in [0.15, 0.2) is 5.82 Å². The first-order valence-corrected chi connectivity index (χ1v) is 6.57. The molecular weight excluding hydrogens is 278 g/mol. The molecule has 0 atom stereocenters. The van der Waals surface area contributed by atoms with Crippen LogP contribution >= 0.6 is 11.5 Å². The van der Waals surface area contributed by atoms with E-state index in [1.807, 2.05) is 0 Å². The van der Waals surface area contributed by atoms with Gasteiger partial charge in [-0.3, -0.25) is 9.59 Å². The van der Waals surface area contributed by atoms with E-state index < -0.39 is 11.9 Å². The van der Waals surface area contributed by atoms with Crippen molar-refractivity contribution in [2.45, 2.75) is 13.8 Å². The molecule has 0 spiro atoms. The van der Waals surface area contributed by atoms with Crippen molar-refractivity contribution in [3.8, 4) is 5.75 Å². The number of nitrogens with two attached hydrogens (primary N) is 1. The van der Waals surface area contributed by atoms with E-state index in [0.29, 0.717) is 16.4 Å². The van der Waals surface area contributed by atoms with Crippen LogP contribution in [0.5, 0.6) is 5.75 Å². The molecule has 0 aliphatic carbocycles. The lowest BCUT2D eigenvalue weighted by molar-refractivity contribution is -0.131. The normalized spacial score (nSPS) is 10.1. The fourth-order valence-corrected chi connectivity index (χ4v) is 2.14. The lowest BCUT2D eigenvalue weighted by Gasteiger charge is -2.08. The molecule has 1 aromatic heterocycles. The summed E-state index contributed by atoms with van der Waals surface area (Å²) in [6.45, 7) is 3.05. The maximum Gasteiger partial charge on any atom is 0.308 e. The van der Waals surface area contributed by atoms with Crippen LogP contribution in [0.4, 0.5) is 10.8 Å². The first-order valence-electron chi connectivity index (χ1n) is 5.79. The number of esters is 1. The molecule has 0 aliphatic rings. The molecular formula is C13H13N3O3S. The summed E-state index contributed by atoms with van der Waals surface area (Å²) in [4.78, 5) is 23.2. The summed E-state index contributed by atoms with van der Waals surface area (Å²) >= 11 is 1.11. The first-order chi connectivity index (χ1) is 9.49. The van der Waals surface area contributed by atoms with Gasteiger partial charge in [-0.05, 0) is 30.6 Å². The van der Waals surface area contributed by atoms with Gasteiger partial charge in [0.25, 0.3) is 5.91 Å². The van der Waals surface area contributed by atoms with Crippen molar-refractivity contribution in [2.75, 3.05) is 11.1 Å². The van der Waals surface area contributed by atoms with Crippen LogP contribution in [0.25, 0.3) is 0 Å². The predicted molar refractivity (Wildman–Crippen MR) is 77.0 cm³/mol. The standard InChI is InChI=1S/C13H13N3O3S/c1-7-11(14)20-16-12(7)15-13(18)9-5-3-4-6-10(9)19-8(2)17/h3-6H,14H2,1-2H3,(H,15,16,18). The summed E-state index contributed by atoms with van der Waals surface area (Å²) in [6.07, 6.45) is 0. The number of benzene rings is 1. The first kappa shape index (κ1) is 14.0. The minimum atomic E-state index is -0.487. The van der Waals surface area contributed by atoms with Gasteiger partial charge >= 0.3 is 5.97 Å². The third-order valence-electron chi connectivity index (χ3n) is 2.58. The molecule has 2 aromatic rings. The van der Waals surface area contributed by atoms with Crippen molar-refractivity contribution < 1.29 is 14.3 Å². The zero-order chi connectivity index (χ0) is 14.7. The van der Waals surface area contributed by atoms with Gasteiger partial charge in [-0.2, -0.15) is 4.37 Å². The largest absolute Gasteiger partial charge is 0.426 e. The Kier molecular flexibility index (Phi) is 3.99. The van der Waals surface area contributed by atoms with Crippen molar-refractivity contribution in [3.63, 3.8) is 0 Å². The molecule has 0 aliphatic heterocycles. The van der Waals surface area contributed by atoms with Gasteiger partial charge in [0.1, 0.15) is 10.8 Å². The predicted octanol–water partition coefficient (Wildman–Crippen LogP) is 2.21. The van der Waals surface area contributed by atoms with E-state index in [-0.39, 0.29) is 11.3 Å². The molecule has 0 saturated carbocycles. The second-order valence-electron chi connectivity index (χ2n) is 4.06. The maximum absolute atomic E-state index is 12.2. The Morgan fingerprint density at radius 3 is 2.65 bits per heavy atom. The highest BCUT2D eigenvalue weighted by molar-refractivity contribution is 7.10. The number of nitrogens with zero attached hydrogens (tertiary/aromatic N) is 1. The number of rotatable bonds is 3. The van der Waals surface area contributed by atoms with Crippen LogP contribution in [0.2, 0.25) is 0 Å². The van der Waals surface area contributed by atoms with Crippen LogP contribution < -0.4 is 15.8 Å². The monoisotopic (exact) mass is 291 g/mol. The number of para-hydroxylation sites is 1. The Morgan fingerprint density at radius 1 is 1.35 bits per heavy atom. The number of hydrogen-bond donors (Lipinski definition) is 2. The highest BCUT2D eigenvalue weighted by Crippen LogP contribution is 2.26. The smallest absolute Gasteiger partial charge is 0.308 e. The third kappa shape index (κ3) is 2.94. The van der Waals surface area contributed by atoms with E-state index in [4.69, 9.17) is 10.5 Å². The van der Waals surface area contributed by atoms with Crippen LogP contribution in [0.3, 0.4) is 0 Å². The SMILES string of the molecule is CC(=O)Oc1ccccc1C(=O)Nc1nsc(N)c1C. The van der Waals surface area contributed by atoms with Crippen molar-refractivity contribution in [1.82, 2.24) is 4.37 Å². The molecule has 0 radical (unpaired) electrons. The second kappa shape index (κ2) is 5.70. The number of carbonyl (C=O) groups is 2. The number of nitrogen functional groups attached to an aromatic ring is 1. The summed E-state index contributed by atoms with van der Waals surface area (Å²) in [5, 5.41) is 3.20. The fraction of sp³-hybridized carbons (Fsp3) is 0.154. The van der Waals surface area contributed by atoms with Crippen molar-refractivity contribution in [3.05, 3.63) is 35.4 Å². The Morgan fingerprint density at radius 2 is 2.05 bits per heavy atom. The molecule has 1 amide bonds. The molecule has 0 bridgehead atoms. The molecule has 0 unspecified atom stereocenters. The quantitative estimate of drug-likeness (QED) is 0.668. The van der Waals surface area contributed by atoms with E-state index in [9.17, 15) is 9.59 Å². The third-order valence-corrected chi connectivity index (χ3v) is 3.35. The maximum atomic E-state index is 12.2. The summed E-state index contributed by atoms with van der Waals surface area (Å²) in [7, 11) is 0. The number of amides is 1. The van der Waals surface area contributed by atoms with Gasteiger partial charge in [-0.15, -0.1) is 0 Å². The van der Waals surface area contributed by atoms with E-state index >= 15 is 0 Å². The van der Waals surface area contributed by atoms with Crippen molar-refractivity contribution in [2.24, 2.45) is 0 Å². The minimum absolute atomic E-state index is 0.207. The minimum Gasteiger partial charge on any atom is -0.426 e. The Bertz CT molecular complexity index is 667. The summed E-state index contributed by atoms with van der Waals surface area (Å²) in [5.41, 5.74) is 6.66. The number of aromatic nitrogens is 1. The van der Waals surface area contributed by atoms with Gasteiger partial charge in [-0.25, -0.2) is 0 Å². The van der Waals surface area contributed by atoms with Gasteiger partial charge < -0.3 is 15.8 Å². The van der Waals surface area contributed by atoms with Crippen LogP contribution in [0, 0.1) is 6.92 Å². The molecule has 2 rings (SSSR count). The molecule has 7 heteroatoms.